The monoisotopic (exact) mass is 324 g/mol. The van der Waals surface area contributed by atoms with Gasteiger partial charge in [0.05, 0.1) is 5.56 Å². The Morgan fingerprint density at radius 1 is 1.00 bits per heavy atom. The molecule has 0 saturated carbocycles. The average Bonchev–Trinajstić information content (AvgIpc) is 2.38. The molecule has 4 heteroatoms. The van der Waals surface area contributed by atoms with Crippen molar-refractivity contribution in [2.45, 2.75) is 13.8 Å². The molecule has 2 aromatic rings. The fourth-order valence-electron chi connectivity index (χ4n) is 1.78. The fourth-order valence-corrected chi connectivity index (χ4v) is 2.21. The third kappa shape index (κ3) is 2.59. The number of rotatable bonds is 2. The van der Waals surface area contributed by atoms with E-state index in [2.05, 4.69) is 15.9 Å². The highest BCUT2D eigenvalue weighted by molar-refractivity contribution is 9.10. The first-order valence-electron chi connectivity index (χ1n) is 5.67. The Morgan fingerprint density at radius 3 is 2.37 bits per heavy atom. The lowest BCUT2D eigenvalue weighted by atomic mass is 10.00. The molecule has 98 valence electrons. The molecular weight excluding hydrogens is 314 g/mol. The molecule has 0 saturated heterocycles. The van der Waals surface area contributed by atoms with E-state index < -0.39 is 17.4 Å². The minimum atomic E-state index is -1.10. The van der Waals surface area contributed by atoms with E-state index >= 15 is 0 Å². The second-order valence-electron chi connectivity index (χ2n) is 4.37. The predicted molar refractivity (Wildman–Crippen MR) is 73.4 cm³/mol. The largest absolute Gasteiger partial charge is 0.288 e. The molecule has 0 amide bonds. The molecular formula is C15H11BrF2O. The normalized spacial score (nSPS) is 10.6. The summed E-state index contributed by atoms with van der Waals surface area (Å²) in [4.78, 5) is 12.3. The van der Waals surface area contributed by atoms with Crippen LogP contribution >= 0.6 is 15.9 Å². The van der Waals surface area contributed by atoms with Crippen LogP contribution in [0.25, 0.3) is 0 Å². The molecule has 0 bridgehead atoms. The van der Waals surface area contributed by atoms with Gasteiger partial charge in [-0.2, -0.15) is 0 Å². The SMILES string of the molecule is Cc1ccc(Br)c(C(=O)c2ccc(C)c(F)c2F)c1. The summed E-state index contributed by atoms with van der Waals surface area (Å²) in [6.45, 7) is 3.28. The summed E-state index contributed by atoms with van der Waals surface area (Å²) in [5.74, 6) is -2.61. The Balaban J connectivity index is 2.56. The lowest BCUT2D eigenvalue weighted by Gasteiger charge is -2.08. The Kier molecular flexibility index (Phi) is 3.80. The molecule has 0 aliphatic rings. The lowest BCUT2D eigenvalue weighted by Crippen LogP contribution is -2.08. The lowest BCUT2D eigenvalue weighted by molar-refractivity contribution is 0.103. The standard InChI is InChI=1S/C15H11BrF2O/c1-8-3-6-12(16)11(7-8)15(19)10-5-4-9(2)13(17)14(10)18/h3-7H,1-2H3. The van der Waals surface area contributed by atoms with Gasteiger partial charge in [-0.25, -0.2) is 8.78 Å². The Hall–Kier alpha value is -1.55. The van der Waals surface area contributed by atoms with E-state index in [1.54, 1.807) is 12.1 Å². The second-order valence-corrected chi connectivity index (χ2v) is 5.22. The minimum absolute atomic E-state index is 0.178. The maximum atomic E-state index is 13.8. The van der Waals surface area contributed by atoms with E-state index in [-0.39, 0.29) is 11.1 Å². The van der Waals surface area contributed by atoms with Crippen LogP contribution in [-0.4, -0.2) is 5.78 Å². The first-order chi connectivity index (χ1) is 8.91. The number of benzene rings is 2. The van der Waals surface area contributed by atoms with Gasteiger partial charge in [-0.15, -0.1) is 0 Å². The van der Waals surface area contributed by atoms with Gasteiger partial charge < -0.3 is 0 Å². The molecule has 0 fully saturated rings. The number of ketones is 1. The van der Waals surface area contributed by atoms with Crippen molar-refractivity contribution in [2.75, 3.05) is 0 Å². The smallest absolute Gasteiger partial charge is 0.197 e. The molecule has 0 aromatic heterocycles. The summed E-state index contributed by atoms with van der Waals surface area (Å²) in [5.41, 5.74) is 1.12. The fraction of sp³-hybridized carbons (Fsp3) is 0.133. The third-order valence-corrected chi connectivity index (χ3v) is 3.58. The summed E-state index contributed by atoms with van der Waals surface area (Å²) < 4.78 is 27.9. The van der Waals surface area contributed by atoms with Crippen LogP contribution in [0.3, 0.4) is 0 Å². The van der Waals surface area contributed by atoms with Crippen LogP contribution in [0.1, 0.15) is 27.0 Å². The zero-order valence-electron chi connectivity index (χ0n) is 10.4. The number of carbonyl (C=O) groups is 1. The van der Waals surface area contributed by atoms with Crippen molar-refractivity contribution < 1.29 is 13.6 Å². The molecule has 1 nitrogen and oxygen atoms in total. The van der Waals surface area contributed by atoms with E-state index in [1.807, 2.05) is 13.0 Å². The van der Waals surface area contributed by atoms with Gasteiger partial charge in [0.2, 0.25) is 0 Å². The van der Waals surface area contributed by atoms with Gasteiger partial charge in [0.25, 0.3) is 0 Å². The second kappa shape index (κ2) is 5.21. The molecule has 2 rings (SSSR count). The van der Waals surface area contributed by atoms with Crippen LogP contribution in [0, 0.1) is 25.5 Å². The van der Waals surface area contributed by atoms with Crippen LogP contribution in [0.15, 0.2) is 34.8 Å². The highest BCUT2D eigenvalue weighted by Crippen LogP contribution is 2.24. The van der Waals surface area contributed by atoms with Crippen molar-refractivity contribution in [3.8, 4) is 0 Å². The highest BCUT2D eigenvalue weighted by atomic mass is 79.9. The molecule has 0 radical (unpaired) electrons. The van der Waals surface area contributed by atoms with Crippen molar-refractivity contribution in [2.24, 2.45) is 0 Å². The van der Waals surface area contributed by atoms with E-state index in [4.69, 9.17) is 0 Å². The van der Waals surface area contributed by atoms with E-state index in [0.717, 1.165) is 5.56 Å². The van der Waals surface area contributed by atoms with Crippen LogP contribution in [-0.2, 0) is 0 Å². The first-order valence-corrected chi connectivity index (χ1v) is 6.46. The third-order valence-electron chi connectivity index (χ3n) is 2.89. The summed E-state index contributed by atoms with van der Waals surface area (Å²) >= 11 is 3.25. The molecule has 19 heavy (non-hydrogen) atoms. The van der Waals surface area contributed by atoms with E-state index in [0.29, 0.717) is 10.0 Å². The first kappa shape index (κ1) is 13.9. The zero-order chi connectivity index (χ0) is 14.2. The molecule has 0 heterocycles. The number of hydrogen-bond acceptors (Lipinski definition) is 1. The molecule has 0 atom stereocenters. The molecule has 0 N–H and O–H groups in total. The van der Waals surface area contributed by atoms with Crippen molar-refractivity contribution in [1.29, 1.82) is 0 Å². The zero-order valence-corrected chi connectivity index (χ0v) is 12.0. The van der Waals surface area contributed by atoms with Gasteiger partial charge in [-0.05, 0) is 37.6 Å². The van der Waals surface area contributed by atoms with Crippen molar-refractivity contribution in [3.05, 3.63) is 68.7 Å². The number of halogens is 3. The summed E-state index contributed by atoms with van der Waals surface area (Å²) in [6.07, 6.45) is 0. The molecule has 0 unspecified atom stereocenters. The maximum Gasteiger partial charge on any atom is 0.197 e. The summed E-state index contributed by atoms with van der Waals surface area (Å²) in [6, 6.07) is 7.89. The Morgan fingerprint density at radius 2 is 1.68 bits per heavy atom. The van der Waals surface area contributed by atoms with Crippen LogP contribution in [0.4, 0.5) is 8.78 Å². The number of aryl methyl sites for hydroxylation is 2. The minimum Gasteiger partial charge on any atom is -0.288 e. The van der Waals surface area contributed by atoms with Gasteiger partial charge in [-0.3, -0.25) is 4.79 Å². The Bertz CT molecular complexity index is 665. The van der Waals surface area contributed by atoms with Gasteiger partial charge in [0.1, 0.15) is 0 Å². The van der Waals surface area contributed by atoms with Crippen LogP contribution in [0.5, 0.6) is 0 Å². The molecule has 0 aliphatic carbocycles. The summed E-state index contributed by atoms with van der Waals surface area (Å²) in [7, 11) is 0. The molecule has 2 aromatic carbocycles. The van der Waals surface area contributed by atoms with E-state index in [9.17, 15) is 13.6 Å². The van der Waals surface area contributed by atoms with Crippen LogP contribution in [0.2, 0.25) is 0 Å². The molecule has 0 spiro atoms. The maximum absolute atomic E-state index is 13.8. The van der Waals surface area contributed by atoms with Gasteiger partial charge in [0.15, 0.2) is 17.4 Å². The molecule has 0 aliphatic heterocycles. The van der Waals surface area contributed by atoms with Crippen LogP contribution < -0.4 is 0 Å². The predicted octanol–water partition coefficient (Wildman–Crippen LogP) is 4.58. The van der Waals surface area contributed by atoms with E-state index in [1.165, 1.54) is 19.1 Å². The topological polar surface area (TPSA) is 17.1 Å². The quantitative estimate of drug-likeness (QED) is 0.739. The van der Waals surface area contributed by atoms with Crippen molar-refractivity contribution >= 4 is 21.7 Å². The number of hydrogen-bond donors (Lipinski definition) is 0. The van der Waals surface area contributed by atoms with Gasteiger partial charge in [-0.1, -0.05) is 33.6 Å². The van der Waals surface area contributed by atoms with Crippen molar-refractivity contribution in [3.63, 3.8) is 0 Å². The summed E-state index contributed by atoms with van der Waals surface area (Å²) in [5, 5.41) is 0. The van der Waals surface area contributed by atoms with Gasteiger partial charge in [0, 0.05) is 10.0 Å². The van der Waals surface area contributed by atoms with Gasteiger partial charge >= 0.3 is 0 Å². The number of carbonyl (C=O) groups excluding carboxylic acids is 1. The highest BCUT2D eigenvalue weighted by Gasteiger charge is 2.20. The average molecular weight is 325 g/mol. The van der Waals surface area contributed by atoms with Crippen molar-refractivity contribution in [1.82, 2.24) is 0 Å². The Labute approximate surface area is 118 Å².